The van der Waals surface area contributed by atoms with Crippen molar-refractivity contribution < 1.29 is 4.39 Å². The Bertz CT molecular complexity index is 534. The minimum atomic E-state index is -0.291. The number of nitrogens with one attached hydrogen (secondary N) is 1. The maximum absolute atomic E-state index is 14.0. The highest BCUT2D eigenvalue weighted by Crippen LogP contribution is 2.29. The van der Waals surface area contributed by atoms with E-state index >= 15 is 0 Å². The highest BCUT2D eigenvalue weighted by Gasteiger charge is 2.22. The second-order valence-electron chi connectivity index (χ2n) is 4.41. The van der Waals surface area contributed by atoms with Crippen molar-refractivity contribution >= 4 is 11.6 Å². The van der Waals surface area contributed by atoms with E-state index in [0.717, 1.165) is 18.7 Å². The molecular weight excluding hydrogens is 265 g/mol. The number of hydrogen-bond donors (Lipinski definition) is 1. The van der Waals surface area contributed by atoms with Crippen molar-refractivity contribution in [3.8, 4) is 0 Å². The quantitative estimate of drug-likeness (QED) is 0.911. The Labute approximate surface area is 117 Å². The SMILES string of the molecule is CCCNC(c1ccccc1F)c1c(Cl)cnn1C. The minimum Gasteiger partial charge on any atom is -0.305 e. The number of benzene rings is 1. The van der Waals surface area contributed by atoms with Gasteiger partial charge in [0.1, 0.15) is 5.82 Å². The molecule has 2 aromatic rings. The molecule has 5 heteroatoms. The third-order valence-electron chi connectivity index (χ3n) is 3.03. The summed E-state index contributed by atoms with van der Waals surface area (Å²) in [5, 5.41) is 7.99. The minimum absolute atomic E-state index is 0.242. The molecule has 0 aliphatic carbocycles. The van der Waals surface area contributed by atoms with Gasteiger partial charge in [-0.3, -0.25) is 4.68 Å². The Hall–Kier alpha value is -1.39. The third-order valence-corrected chi connectivity index (χ3v) is 3.32. The average molecular weight is 282 g/mol. The van der Waals surface area contributed by atoms with Crippen molar-refractivity contribution in [1.82, 2.24) is 15.1 Å². The van der Waals surface area contributed by atoms with Gasteiger partial charge < -0.3 is 5.32 Å². The van der Waals surface area contributed by atoms with Crippen LogP contribution in [0.15, 0.2) is 30.5 Å². The summed E-state index contributed by atoms with van der Waals surface area (Å²) >= 11 is 6.18. The lowest BCUT2D eigenvalue weighted by atomic mass is 10.0. The lowest BCUT2D eigenvalue weighted by molar-refractivity contribution is 0.520. The first-order valence-electron chi connectivity index (χ1n) is 6.30. The summed E-state index contributed by atoms with van der Waals surface area (Å²) in [6, 6.07) is 6.44. The second kappa shape index (κ2) is 6.17. The Morgan fingerprint density at radius 3 is 2.74 bits per heavy atom. The topological polar surface area (TPSA) is 29.9 Å². The summed E-state index contributed by atoms with van der Waals surface area (Å²) in [4.78, 5) is 0. The van der Waals surface area contributed by atoms with Gasteiger partial charge in [0.25, 0.3) is 0 Å². The van der Waals surface area contributed by atoms with Crippen LogP contribution in [-0.4, -0.2) is 16.3 Å². The predicted octanol–water partition coefficient (Wildman–Crippen LogP) is 3.30. The summed E-state index contributed by atoms with van der Waals surface area (Å²) in [5.74, 6) is -0.242. The maximum Gasteiger partial charge on any atom is 0.128 e. The number of aryl methyl sites for hydroxylation is 1. The molecule has 0 saturated heterocycles. The van der Waals surface area contributed by atoms with Crippen LogP contribution in [0.1, 0.15) is 30.6 Å². The van der Waals surface area contributed by atoms with Gasteiger partial charge in [-0.25, -0.2) is 4.39 Å². The molecule has 1 N–H and O–H groups in total. The zero-order chi connectivity index (χ0) is 13.8. The molecule has 1 atom stereocenters. The largest absolute Gasteiger partial charge is 0.305 e. The molecule has 2 rings (SSSR count). The van der Waals surface area contributed by atoms with Crippen LogP contribution in [-0.2, 0) is 7.05 Å². The molecule has 102 valence electrons. The summed E-state index contributed by atoms with van der Waals surface area (Å²) < 4.78 is 15.7. The van der Waals surface area contributed by atoms with Gasteiger partial charge in [-0.2, -0.15) is 5.10 Å². The van der Waals surface area contributed by atoms with E-state index in [1.165, 1.54) is 6.07 Å². The molecule has 1 aromatic heterocycles. The molecule has 0 spiro atoms. The van der Waals surface area contributed by atoms with Crippen LogP contribution in [0.3, 0.4) is 0 Å². The molecule has 19 heavy (non-hydrogen) atoms. The molecule has 0 saturated carbocycles. The van der Waals surface area contributed by atoms with E-state index in [0.29, 0.717) is 10.6 Å². The smallest absolute Gasteiger partial charge is 0.128 e. The summed E-state index contributed by atoms with van der Waals surface area (Å²) in [5.41, 5.74) is 1.36. The molecule has 0 aliphatic rings. The third kappa shape index (κ3) is 2.96. The second-order valence-corrected chi connectivity index (χ2v) is 4.82. The molecule has 0 amide bonds. The number of hydrogen-bond acceptors (Lipinski definition) is 2. The number of halogens is 2. The van der Waals surface area contributed by atoms with Crippen LogP contribution in [0.2, 0.25) is 5.02 Å². The molecule has 0 radical (unpaired) electrons. The molecule has 1 unspecified atom stereocenters. The fourth-order valence-electron chi connectivity index (χ4n) is 2.10. The Morgan fingerprint density at radius 1 is 1.42 bits per heavy atom. The Kier molecular flexibility index (Phi) is 4.56. The van der Waals surface area contributed by atoms with Gasteiger partial charge in [0.05, 0.1) is 23.0 Å². The van der Waals surface area contributed by atoms with Crippen LogP contribution < -0.4 is 5.32 Å². The first-order chi connectivity index (χ1) is 9.15. The molecule has 3 nitrogen and oxygen atoms in total. The Morgan fingerprint density at radius 2 is 2.16 bits per heavy atom. The highest BCUT2D eigenvalue weighted by molar-refractivity contribution is 6.31. The van der Waals surface area contributed by atoms with Gasteiger partial charge in [0, 0.05) is 12.6 Å². The molecular formula is C14H17ClFN3. The van der Waals surface area contributed by atoms with E-state index < -0.39 is 0 Å². The van der Waals surface area contributed by atoms with Gasteiger partial charge in [0.15, 0.2) is 0 Å². The molecule has 0 aliphatic heterocycles. The monoisotopic (exact) mass is 281 g/mol. The summed E-state index contributed by atoms with van der Waals surface area (Å²) in [6.07, 6.45) is 2.54. The van der Waals surface area contributed by atoms with E-state index in [2.05, 4.69) is 17.3 Å². The lowest BCUT2D eigenvalue weighted by Gasteiger charge is -2.20. The van der Waals surface area contributed by atoms with Crippen molar-refractivity contribution in [3.05, 3.63) is 52.6 Å². The van der Waals surface area contributed by atoms with E-state index in [1.807, 2.05) is 13.1 Å². The van der Waals surface area contributed by atoms with Crippen molar-refractivity contribution in [2.24, 2.45) is 7.05 Å². The van der Waals surface area contributed by atoms with Crippen molar-refractivity contribution in [2.45, 2.75) is 19.4 Å². The van der Waals surface area contributed by atoms with Gasteiger partial charge in [0.2, 0.25) is 0 Å². The number of rotatable bonds is 5. The van der Waals surface area contributed by atoms with Crippen LogP contribution >= 0.6 is 11.6 Å². The fraction of sp³-hybridized carbons (Fsp3) is 0.357. The first-order valence-corrected chi connectivity index (χ1v) is 6.68. The zero-order valence-corrected chi connectivity index (χ0v) is 11.8. The first kappa shape index (κ1) is 14.0. The normalized spacial score (nSPS) is 12.6. The van der Waals surface area contributed by atoms with Crippen LogP contribution in [0.25, 0.3) is 0 Å². The van der Waals surface area contributed by atoms with Crippen molar-refractivity contribution in [1.29, 1.82) is 0 Å². The van der Waals surface area contributed by atoms with E-state index in [4.69, 9.17) is 11.6 Å². The molecule has 1 aromatic carbocycles. The summed E-state index contributed by atoms with van der Waals surface area (Å²) in [7, 11) is 1.81. The zero-order valence-electron chi connectivity index (χ0n) is 11.0. The number of aromatic nitrogens is 2. The van der Waals surface area contributed by atoms with Gasteiger partial charge in [-0.15, -0.1) is 0 Å². The van der Waals surface area contributed by atoms with E-state index in [9.17, 15) is 4.39 Å². The summed E-state index contributed by atoms with van der Waals surface area (Å²) in [6.45, 7) is 2.84. The van der Waals surface area contributed by atoms with Crippen LogP contribution in [0.4, 0.5) is 4.39 Å². The molecule has 0 fully saturated rings. The molecule has 0 bridgehead atoms. The maximum atomic E-state index is 14.0. The van der Waals surface area contributed by atoms with E-state index in [1.54, 1.807) is 23.0 Å². The lowest BCUT2D eigenvalue weighted by Crippen LogP contribution is -2.26. The number of nitrogens with zero attached hydrogens (tertiary/aromatic N) is 2. The predicted molar refractivity (Wildman–Crippen MR) is 74.8 cm³/mol. The van der Waals surface area contributed by atoms with Crippen LogP contribution in [0.5, 0.6) is 0 Å². The van der Waals surface area contributed by atoms with Gasteiger partial charge in [-0.05, 0) is 19.0 Å². The van der Waals surface area contributed by atoms with Crippen molar-refractivity contribution in [3.63, 3.8) is 0 Å². The Balaban J connectivity index is 2.45. The van der Waals surface area contributed by atoms with Crippen molar-refractivity contribution in [2.75, 3.05) is 6.54 Å². The molecule has 1 heterocycles. The van der Waals surface area contributed by atoms with Gasteiger partial charge in [-0.1, -0.05) is 36.7 Å². The fourth-order valence-corrected chi connectivity index (χ4v) is 2.37. The van der Waals surface area contributed by atoms with Crippen LogP contribution in [0, 0.1) is 5.82 Å². The van der Waals surface area contributed by atoms with E-state index in [-0.39, 0.29) is 11.9 Å². The average Bonchev–Trinajstić information content (AvgIpc) is 2.73. The highest BCUT2D eigenvalue weighted by atomic mass is 35.5. The standard InChI is InChI=1S/C14H17ClFN3/c1-3-8-17-13(10-6-4-5-7-12(10)16)14-11(15)9-18-19(14)2/h4-7,9,13,17H,3,8H2,1-2H3. The van der Waals surface area contributed by atoms with Gasteiger partial charge >= 0.3 is 0 Å².